The van der Waals surface area contributed by atoms with Crippen molar-refractivity contribution < 1.29 is 19.5 Å². The molecule has 0 aromatic carbocycles. The number of ketones is 1. The van der Waals surface area contributed by atoms with Crippen LogP contribution in [0, 0.1) is 0 Å². The number of Topliss-reactive ketones (excluding diaryl/α,β-unsaturated/α-hetero) is 1. The summed E-state index contributed by atoms with van der Waals surface area (Å²) in [6, 6.07) is -1.12. The SMILES string of the molecule is CN[C@@H](CCCCNC(=O)CC[C@H](N)C(=O)O)C(C)=O. The molecule has 2 atom stereocenters. The first kappa shape index (κ1) is 18.5. The van der Waals surface area contributed by atoms with Gasteiger partial charge >= 0.3 is 5.97 Å². The molecule has 0 aliphatic rings. The third-order valence-electron chi connectivity index (χ3n) is 3.08. The second-order valence-electron chi connectivity index (χ2n) is 4.78. The van der Waals surface area contributed by atoms with Gasteiger partial charge in [-0.05, 0) is 39.7 Å². The van der Waals surface area contributed by atoms with Crippen LogP contribution in [-0.2, 0) is 14.4 Å². The number of likely N-dealkylation sites (N-methyl/N-ethyl adjacent to an activating group) is 1. The maximum atomic E-state index is 11.4. The molecule has 0 spiro atoms. The number of aliphatic carboxylic acids is 1. The Morgan fingerprint density at radius 1 is 1.20 bits per heavy atom. The van der Waals surface area contributed by atoms with Gasteiger partial charge in [0, 0.05) is 13.0 Å². The van der Waals surface area contributed by atoms with Gasteiger partial charge in [0.2, 0.25) is 5.91 Å². The van der Waals surface area contributed by atoms with Gasteiger partial charge in [0.1, 0.15) is 11.8 Å². The van der Waals surface area contributed by atoms with Crippen molar-refractivity contribution in [3.63, 3.8) is 0 Å². The molecule has 116 valence electrons. The summed E-state index contributed by atoms with van der Waals surface area (Å²) in [6.45, 7) is 2.07. The molecule has 0 unspecified atom stereocenters. The molecule has 0 fully saturated rings. The second kappa shape index (κ2) is 10.3. The minimum Gasteiger partial charge on any atom is -0.480 e. The molecule has 0 saturated heterocycles. The second-order valence-corrected chi connectivity index (χ2v) is 4.78. The number of nitrogens with two attached hydrogens (primary N) is 1. The van der Waals surface area contributed by atoms with E-state index >= 15 is 0 Å². The van der Waals surface area contributed by atoms with E-state index in [-0.39, 0.29) is 30.6 Å². The van der Waals surface area contributed by atoms with Gasteiger partial charge in [0.05, 0.1) is 6.04 Å². The molecule has 20 heavy (non-hydrogen) atoms. The van der Waals surface area contributed by atoms with Gasteiger partial charge in [-0.1, -0.05) is 0 Å². The van der Waals surface area contributed by atoms with Gasteiger partial charge in [0.15, 0.2) is 0 Å². The van der Waals surface area contributed by atoms with Crippen molar-refractivity contribution >= 4 is 17.7 Å². The van der Waals surface area contributed by atoms with Crippen LogP contribution < -0.4 is 16.4 Å². The molecule has 1 amide bonds. The maximum absolute atomic E-state index is 11.4. The van der Waals surface area contributed by atoms with E-state index in [1.54, 1.807) is 14.0 Å². The molecule has 0 rings (SSSR count). The molecule has 0 bridgehead atoms. The average molecular weight is 287 g/mol. The number of carboxylic acids is 1. The predicted octanol–water partition coefficient (Wildman–Crippen LogP) is -0.358. The summed E-state index contributed by atoms with van der Waals surface area (Å²) in [7, 11) is 1.75. The van der Waals surface area contributed by atoms with E-state index in [0.717, 1.165) is 19.3 Å². The smallest absolute Gasteiger partial charge is 0.320 e. The highest BCUT2D eigenvalue weighted by Crippen LogP contribution is 2.01. The summed E-state index contributed by atoms with van der Waals surface area (Å²) in [4.78, 5) is 33.0. The number of carbonyl (C=O) groups is 3. The summed E-state index contributed by atoms with van der Waals surface area (Å²) >= 11 is 0. The molecule has 0 aliphatic heterocycles. The van der Waals surface area contributed by atoms with E-state index in [4.69, 9.17) is 10.8 Å². The average Bonchev–Trinajstić information content (AvgIpc) is 2.39. The van der Waals surface area contributed by atoms with Crippen LogP contribution in [0.15, 0.2) is 0 Å². The topological polar surface area (TPSA) is 122 Å². The monoisotopic (exact) mass is 287 g/mol. The Balaban J connectivity index is 3.62. The van der Waals surface area contributed by atoms with Crippen LogP contribution >= 0.6 is 0 Å². The number of hydrogen-bond donors (Lipinski definition) is 4. The number of hydrogen-bond acceptors (Lipinski definition) is 5. The highest BCUT2D eigenvalue weighted by atomic mass is 16.4. The lowest BCUT2D eigenvalue weighted by atomic mass is 10.1. The molecule has 5 N–H and O–H groups in total. The standard InChI is InChI=1S/C13H25N3O4/c1-9(17)11(15-2)5-3-4-8-16-12(18)7-6-10(14)13(19)20/h10-11,15H,3-8,14H2,1-2H3,(H,16,18)(H,19,20)/t10-,11-/m0/s1. The normalized spacial score (nSPS) is 13.6. The lowest BCUT2D eigenvalue weighted by Gasteiger charge is -2.12. The van der Waals surface area contributed by atoms with E-state index in [1.165, 1.54) is 0 Å². The van der Waals surface area contributed by atoms with Crippen molar-refractivity contribution in [2.75, 3.05) is 13.6 Å². The first-order valence-electron chi connectivity index (χ1n) is 6.81. The quantitative estimate of drug-likeness (QED) is 0.385. The van der Waals surface area contributed by atoms with E-state index in [9.17, 15) is 14.4 Å². The molecule has 7 heteroatoms. The molecule has 0 aromatic heterocycles. The lowest BCUT2D eigenvalue weighted by Crippen LogP contribution is -2.33. The Labute approximate surface area is 119 Å². The minimum atomic E-state index is -1.10. The summed E-state index contributed by atoms with van der Waals surface area (Å²) in [5.74, 6) is -1.18. The Hall–Kier alpha value is -1.47. The van der Waals surface area contributed by atoms with Crippen LogP contribution in [-0.4, -0.2) is 48.4 Å². The summed E-state index contributed by atoms with van der Waals surface area (Å²) < 4.78 is 0. The molecule has 0 saturated carbocycles. The maximum Gasteiger partial charge on any atom is 0.320 e. The van der Waals surface area contributed by atoms with Gasteiger partial charge in [-0.15, -0.1) is 0 Å². The molecular formula is C13H25N3O4. The van der Waals surface area contributed by atoms with E-state index in [1.807, 2.05) is 0 Å². The van der Waals surface area contributed by atoms with Crippen molar-refractivity contribution in [2.45, 2.75) is 51.1 Å². The zero-order valence-corrected chi connectivity index (χ0v) is 12.1. The van der Waals surface area contributed by atoms with Gasteiger partial charge < -0.3 is 21.5 Å². The molecule has 7 nitrogen and oxygen atoms in total. The predicted molar refractivity (Wildman–Crippen MR) is 75.2 cm³/mol. The van der Waals surface area contributed by atoms with Crippen molar-refractivity contribution in [2.24, 2.45) is 5.73 Å². The summed E-state index contributed by atoms with van der Waals surface area (Å²) in [5, 5.41) is 14.2. The van der Waals surface area contributed by atoms with Crippen LogP contribution in [0.4, 0.5) is 0 Å². The lowest BCUT2D eigenvalue weighted by molar-refractivity contribution is -0.138. The first-order chi connectivity index (χ1) is 9.38. The number of carbonyl (C=O) groups excluding carboxylic acids is 2. The molecule has 0 radical (unpaired) electrons. The Bertz CT molecular complexity index is 334. The third-order valence-corrected chi connectivity index (χ3v) is 3.08. The fraction of sp³-hybridized carbons (Fsp3) is 0.769. The van der Waals surface area contributed by atoms with Crippen molar-refractivity contribution in [3.05, 3.63) is 0 Å². The molecule has 0 heterocycles. The first-order valence-corrected chi connectivity index (χ1v) is 6.81. The summed E-state index contributed by atoms with van der Waals surface area (Å²) in [6.07, 6.45) is 2.60. The summed E-state index contributed by atoms with van der Waals surface area (Å²) in [5.41, 5.74) is 5.30. The minimum absolute atomic E-state index is 0.110. The highest BCUT2D eigenvalue weighted by Gasteiger charge is 2.13. The van der Waals surface area contributed by atoms with Crippen LogP contribution in [0.1, 0.15) is 39.0 Å². The fourth-order valence-corrected chi connectivity index (χ4v) is 1.75. The van der Waals surface area contributed by atoms with E-state index < -0.39 is 12.0 Å². The van der Waals surface area contributed by atoms with Gasteiger partial charge in [-0.3, -0.25) is 14.4 Å². The third kappa shape index (κ3) is 8.60. The zero-order chi connectivity index (χ0) is 15.5. The Morgan fingerprint density at radius 2 is 1.85 bits per heavy atom. The van der Waals surface area contributed by atoms with Gasteiger partial charge in [-0.2, -0.15) is 0 Å². The largest absolute Gasteiger partial charge is 0.480 e. The molecular weight excluding hydrogens is 262 g/mol. The Kier molecular flexibility index (Phi) is 9.57. The van der Waals surface area contributed by atoms with Crippen LogP contribution in [0.3, 0.4) is 0 Å². The number of carboxylic acid groups (broad SMARTS) is 1. The number of rotatable bonds is 11. The Morgan fingerprint density at radius 3 is 2.35 bits per heavy atom. The molecule has 0 aromatic rings. The molecule has 0 aliphatic carbocycles. The van der Waals surface area contributed by atoms with Crippen LogP contribution in [0.2, 0.25) is 0 Å². The van der Waals surface area contributed by atoms with Crippen LogP contribution in [0.25, 0.3) is 0 Å². The van der Waals surface area contributed by atoms with Crippen molar-refractivity contribution in [1.82, 2.24) is 10.6 Å². The zero-order valence-electron chi connectivity index (χ0n) is 12.1. The van der Waals surface area contributed by atoms with E-state index in [0.29, 0.717) is 6.54 Å². The number of nitrogens with one attached hydrogen (secondary N) is 2. The van der Waals surface area contributed by atoms with Crippen molar-refractivity contribution in [3.8, 4) is 0 Å². The highest BCUT2D eigenvalue weighted by molar-refractivity contribution is 5.81. The fourth-order valence-electron chi connectivity index (χ4n) is 1.75. The van der Waals surface area contributed by atoms with Gasteiger partial charge in [0.25, 0.3) is 0 Å². The van der Waals surface area contributed by atoms with Crippen LogP contribution in [0.5, 0.6) is 0 Å². The van der Waals surface area contributed by atoms with Crippen molar-refractivity contribution in [1.29, 1.82) is 0 Å². The van der Waals surface area contributed by atoms with Gasteiger partial charge in [-0.25, -0.2) is 0 Å². The number of amides is 1. The number of unbranched alkanes of at least 4 members (excludes halogenated alkanes) is 1. The van der Waals surface area contributed by atoms with E-state index in [2.05, 4.69) is 10.6 Å².